The van der Waals surface area contributed by atoms with E-state index in [1.54, 1.807) is 6.92 Å². The third-order valence-corrected chi connectivity index (χ3v) is 5.72. The molecule has 7 nitrogen and oxygen atoms in total. The number of halogens is 1. The highest BCUT2D eigenvalue weighted by molar-refractivity contribution is 8.00. The van der Waals surface area contributed by atoms with E-state index >= 15 is 0 Å². The summed E-state index contributed by atoms with van der Waals surface area (Å²) in [6.45, 7) is 1.73. The van der Waals surface area contributed by atoms with Gasteiger partial charge in [-0.15, -0.1) is 10.2 Å². The molecule has 1 aliphatic rings. The fraction of sp³-hybridized carbons (Fsp3) is 0.238. The number of benzene rings is 2. The van der Waals surface area contributed by atoms with Gasteiger partial charge in [-0.1, -0.05) is 30.0 Å². The van der Waals surface area contributed by atoms with Crippen molar-refractivity contribution >= 4 is 23.6 Å². The lowest BCUT2D eigenvalue weighted by molar-refractivity contribution is -0.121. The minimum Gasteiger partial charge on any atom is -0.274 e. The Morgan fingerprint density at radius 1 is 1.07 bits per heavy atom. The number of rotatable bonds is 6. The molecular formula is C21H20FN5O2S. The smallest absolute Gasteiger partial charge is 0.269 e. The minimum atomic E-state index is -0.530. The van der Waals surface area contributed by atoms with Gasteiger partial charge in [0.1, 0.15) is 11.6 Å². The quantitative estimate of drug-likeness (QED) is 0.468. The number of carbonyl (C=O) groups excluding carboxylic acids is 2. The molecule has 0 radical (unpaired) electrons. The molecule has 154 valence electrons. The van der Waals surface area contributed by atoms with E-state index in [4.69, 9.17) is 0 Å². The van der Waals surface area contributed by atoms with Crippen molar-refractivity contribution in [3.05, 3.63) is 71.8 Å². The summed E-state index contributed by atoms with van der Waals surface area (Å²) in [4.78, 5) is 24.6. The van der Waals surface area contributed by atoms with Crippen molar-refractivity contribution < 1.29 is 14.0 Å². The molecule has 3 aromatic rings. The van der Waals surface area contributed by atoms with E-state index in [1.807, 2.05) is 34.9 Å². The van der Waals surface area contributed by atoms with E-state index in [0.29, 0.717) is 11.1 Å². The van der Waals surface area contributed by atoms with Gasteiger partial charge in [0, 0.05) is 17.2 Å². The fourth-order valence-electron chi connectivity index (χ4n) is 2.89. The Balaban J connectivity index is 1.42. The van der Waals surface area contributed by atoms with Crippen molar-refractivity contribution in [1.82, 2.24) is 25.6 Å². The van der Waals surface area contributed by atoms with Crippen LogP contribution in [0, 0.1) is 5.82 Å². The second-order valence-electron chi connectivity index (χ2n) is 7.00. The summed E-state index contributed by atoms with van der Waals surface area (Å²) in [7, 11) is 0. The van der Waals surface area contributed by atoms with Crippen molar-refractivity contribution in [2.24, 2.45) is 0 Å². The second-order valence-corrected chi connectivity index (χ2v) is 8.30. The number of carbonyl (C=O) groups is 2. The first-order chi connectivity index (χ1) is 14.5. The predicted octanol–water partition coefficient (Wildman–Crippen LogP) is 3.23. The van der Waals surface area contributed by atoms with E-state index in [-0.39, 0.29) is 11.5 Å². The van der Waals surface area contributed by atoms with Crippen LogP contribution in [0.15, 0.2) is 59.8 Å². The fourth-order valence-corrected chi connectivity index (χ4v) is 3.76. The second kappa shape index (κ2) is 8.66. The highest BCUT2D eigenvalue weighted by atomic mass is 32.2. The first-order valence-corrected chi connectivity index (χ1v) is 10.4. The van der Waals surface area contributed by atoms with Crippen molar-refractivity contribution in [2.45, 2.75) is 36.1 Å². The van der Waals surface area contributed by atoms with Gasteiger partial charge in [-0.2, -0.15) is 0 Å². The number of nitrogens with one attached hydrogen (secondary N) is 2. The summed E-state index contributed by atoms with van der Waals surface area (Å²) >= 11 is 1.27. The van der Waals surface area contributed by atoms with Crippen LogP contribution in [0.1, 0.15) is 41.9 Å². The number of hydrazine groups is 1. The van der Waals surface area contributed by atoms with Gasteiger partial charge in [0.25, 0.3) is 11.8 Å². The van der Waals surface area contributed by atoms with E-state index in [9.17, 15) is 14.0 Å². The summed E-state index contributed by atoms with van der Waals surface area (Å²) in [5, 5.41) is 8.74. The summed E-state index contributed by atoms with van der Waals surface area (Å²) in [6, 6.07) is 14.8. The lowest BCUT2D eigenvalue weighted by Gasteiger charge is -2.14. The highest BCUT2D eigenvalue weighted by Crippen LogP contribution is 2.41. The molecule has 0 unspecified atom stereocenters. The van der Waals surface area contributed by atoms with Crippen LogP contribution >= 0.6 is 11.8 Å². The van der Waals surface area contributed by atoms with Gasteiger partial charge in [0.15, 0.2) is 5.16 Å². The van der Waals surface area contributed by atoms with Gasteiger partial charge < -0.3 is 0 Å². The molecule has 1 aromatic heterocycles. The molecule has 2 aromatic carbocycles. The Kier molecular flexibility index (Phi) is 5.80. The van der Waals surface area contributed by atoms with Crippen molar-refractivity contribution in [3.63, 3.8) is 0 Å². The third-order valence-electron chi connectivity index (χ3n) is 4.67. The molecule has 30 heavy (non-hydrogen) atoms. The van der Waals surface area contributed by atoms with Crippen LogP contribution in [0.25, 0.3) is 5.69 Å². The lowest BCUT2D eigenvalue weighted by atomic mass is 10.2. The summed E-state index contributed by atoms with van der Waals surface area (Å²) in [6.07, 6.45) is 2.17. The monoisotopic (exact) mass is 425 g/mol. The number of amides is 2. The topological polar surface area (TPSA) is 88.9 Å². The molecule has 1 saturated carbocycles. The van der Waals surface area contributed by atoms with E-state index < -0.39 is 17.0 Å². The zero-order valence-electron chi connectivity index (χ0n) is 16.2. The molecule has 4 rings (SSSR count). The van der Waals surface area contributed by atoms with Gasteiger partial charge in [0.2, 0.25) is 0 Å². The van der Waals surface area contributed by atoms with Gasteiger partial charge >= 0.3 is 0 Å². The van der Waals surface area contributed by atoms with Crippen LogP contribution in [-0.4, -0.2) is 31.8 Å². The van der Waals surface area contributed by atoms with Crippen LogP contribution in [0.4, 0.5) is 4.39 Å². The number of aromatic nitrogens is 3. The summed E-state index contributed by atoms with van der Waals surface area (Å²) in [5.41, 5.74) is 5.95. The van der Waals surface area contributed by atoms with Gasteiger partial charge in [-0.3, -0.25) is 25.0 Å². The van der Waals surface area contributed by atoms with E-state index in [0.717, 1.165) is 24.4 Å². The molecule has 0 bridgehead atoms. The first-order valence-electron chi connectivity index (χ1n) is 9.56. The molecule has 1 atom stereocenters. The molecule has 0 spiro atoms. The average Bonchev–Trinajstić information content (AvgIpc) is 3.53. The largest absolute Gasteiger partial charge is 0.274 e. The zero-order valence-corrected chi connectivity index (χ0v) is 17.0. The molecule has 2 N–H and O–H groups in total. The Hall–Kier alpha value is -3.20. The predicted molar refractivity (Wildman–Crippen MR) is 111 cm³/mol. The number of hydrogen-bond donors (Lipinski definition) is 2. The maximum absolute atomic E-state index is 13.0. The van der Waals surface area contributed by atoms with Gasteiger partial charge in [-0.25, -0.2) is 4.39 Å². The van der Waals surface area contributed by atoms with Crippen LogP contribution in [-0.2, 0) is 4.79 Å². The normalized spacial score (nSPS) is 14.2. The third kappa shape index (κ3) is 4.51. The minimum absolute atomic E-state index is 0.245. The van der Waals surface area contributed by atoms with Crippen LogP contribution in [0.5, 0.6) is 0 Å². The Labute approximate surface area is 177 Å². The summed E-state index contributed by atoms with van der Waals surface area (Å²) in [5.74, 6) is -0.0455. The van der Waals surface area contributed by atoms with E-state index in [2.05, 4.69) is 21.0 Å². The van der Waals surface area contributed by atoms with Crippen molar-refractivity contribution in [3.8, 4) is 5.69 Å². The van der Waals surface area contributed by atoms with Gasteiger partial charge in [0.05, 0.1) is 5.25 Å². The SMILES string of the molecule is C[C@@H](Sc1nnc(C2CC2)n1-c1ccccc1)C(=O)NNC(=O)c1ccc(F)cc1. The number of hydrogen-bond acceptors (Lipinski definition) is 5. The molecule has 0 saturated heterocycles. The maximum atomic E-state index is 13.0. The highest BCUT2D eigenvalue weighted by Gasteiger charge is 2.31. The number of para-hydroxylation sites is 1. The van der Waals surface area contributed by atoms with E-state index in [1.165, 1.54) is 36.0 Å². The van der Waals surface area contributed by atoms with Crippen molar-refractivity contribution in [1.29, 1.82) is 0 Å². The Morgan fingerprint density at radius 3 is 2.43 bits per heavy atom. The maximum Gasteiger partial charge on any atom is 0.269 e. The Bertz CT molecular complexity index is 1050. The molecule has 9 heteroatoms. The zero-order chi connectivity index (χ0) is 21.1. The number of thioether (sulfide) groups is 1. The van der Waals surface area contributed by atoms with Gasteiger partial charge in [-0.05, 0) is 56.2 Å². The first kappa shape index (κ1) is 20.1. The molecule has 1 fully saturated rings. The summed E-state index contributed by atoms with van der Waals surface area (Å²) < 4.78 is 15.0. The molecule has 2 amide bonds. The van der Waals surface area contributed by atoms with Crippen LogP contribution in [0.2, 0.25) is 0 Å². The van der Waals surface area contributed by atoms with Crippen LogP contribution < -0.4 is 10.9 Å². The standard InChI is InChI=1S/C21H20FN5O2S/c1-13(19(28)24-25-20(29)15-9-11-16(22)12-10-15)30-21-26-23-18(14-7-8-14)27(21)17-5-3-2-4-6-17/h2-6,9-14H,7-8H2,1H3,(H,24,28)(H,25,29)/t13-/m1/s1. The average molecular weight is 425 g/mol. The van der Waals surface area contributed by atoms with Crippen LogP contribution in [0.3, 0.4) is 0 Å². The molecule has 1 heterocycles. The molecule has 0 aliphatic heterocycles. The Morgan fingerprint density at radius 2 is 1.77 bits per heavy atom. The number of nitrogens with zero attached hydrogens (tertiary/aromatic N) is 3. The molecular weight excluding hydrogens is 405 g/mol. The lowest BCUT2D eigenvalue weighted by Crippen LogP contribution is -2.45. The van der Waals surface area contributed by atoms with Crippen molar-refractivity contribution in [2.75, 3.05) is 0 Å². The molecule has 1 aliphatic carbocycles.